The molecule has 0 radical (unpaired) electrons. The number of rotatable bonds is 6. The molecule has 0 aliphatic rings. The van der Waals surface area contributed by atoms with Gasteiger partial charge in [0.25, 0.3) is 0 Å². The van der Waals surface area contributed by atoms with E-state index in [2.05, 4.69) is 15.3 Å². The number of amides is 2. The molecule has 2 amide bonds. The van der Waals surface area contributed by atoms with Crippen LogP contribution in [0.4, 0.5) is 4.79 Å². The Bertz CT molecular complexity index is 417. The summed E-state index contributed by atoms with van der Waals surface area (Å²) in [4.78, 5) is 31.2. The number of nitrogens with zero attached hydrogens (tertiary/aromatic N) is 2. The van der Waals surface area contributed by atoms with Gasteiger partial charge in [0, 0.05) is 18.4 Å². The van der Waals surface area contributed by atoms with Gasteiger partial charge in [0.05, 0.1) is 6.04 Å². The third kappa shape index (κ3) is 4.27. The number of nitrogens with one attached hydrogen (secondary N) is 2. The van der Waals surface area contributed by atoms with Crippen LogP contribution in [0.5, 0.6) is 0 Å². The molecular formula is C12H20N4O3. The molecule has 106 valence electrons. The predicted octanol–water partition coefficient (Wildman–Crippen LogP) is 1.37. The van der Waals surface area contributed by atoms with Gasteiger partial charge >= 0.3 is 12.0 Å². The van der Waals surface area contributed by atoms with Crippen LogP contribution in [0, 0.1) is 0 Å². The fraction of sp³-hybridized carbons (Fsp3) is 0.583. The number of hydrogen-bond donors (Lipinski definition) is 3. The second-order valence-electron chi connectivity index (χ2n) is 4.50. The summed E-state index contributed by atoms with van der Waals surface area (Å²) in [7, 11) is 0. The Kier molecular flexibility index (Phi) is 5.35. The number of aromatic amines is 1. The van der Waals surface area contributed by atoms with Crippen molar-refractivity contribution in [2.75, 3.05) is 6.54 Å². The van der Waals surface area contributed by atoms with E-state index in [4.69, 9.17) is 5.11 Å². The Morgan fingerprint density at radius 1 is 1.53 bits per heavy atom. The van der Waals surface area contributed by atoms with E-state index in [0.717, 1.165) is 0 Å². The zero-order chi connectivity index (χ0) is 14.4. The molecule has 0 saturated heterocycles. The normalized spacial score (nSPS) is 12.2. The third-order valence-corrected chi connectivity index (χ3v) is 2.75. The Labute approximate surface area is 112 Å². The summed E-state index contributed by atoms with van der Waals surface area (Å²) >= 11 is 0. The van der Waals surface area contributed by atoms with Gasteiger partial charge in [-0.1, -0.05) is 6.92 Å². The zero-order valence-corrected chi connectivity index (χ0v) is 11.4. The summed E-state index contributed by atoms with van der Waals surface area (Å²) in [5, 5.41) is 11.6. The van der Waals surface area contributed by atoms with E-state index in [1.54, 1.807) is 26.2 Å². The molecule has 1 heterocycles. The van der Waals surface area contributed by atoms with Crippen molar-refractivity contribution < 1.29 is 14.7 Å². The van der Waals surface area contributed by atoms with Crippen LogP contribution in [0.1, 0.15) is 39.1 Å². The number of H-pyrrole nitrogens is 1. The van der Waals surface area contributed by atoms with Crippen LogP contribution in [-0.4, -0.2) is 44.6 Å². The van der Waals surface area contributed by atoms with E-state index in [1.165, 1.54) is 4.90 Å². The van der Waals surface area contributed by atoms with Crippen LogP contribution in [-0.2, 0) is 4.79 Å². The van der Waals surface area contributed by atoms with Crippen molar-refractivity contribution in [3.05, 3.63) is 18.2 Å². The number of carboxylic acids is 1. The molecule has 3 N–H and O–H groups in total. The maximum Gasteiger partial charge on any atom is 0.323 e. The topological polar surface area (TPSA) is 98.3 Å². The minimum atomic E-state index is -1.03. The molecule has 7 nitrogen and oxygen atoms in total. The average Bonchev–Trinajstić information content (AvgIpc) is 2.85. The number of carboxylic acid groups (broad SMARTS) is 1. The summed E-state index contributed by atoms with van der Waals surface area (Å²) in [5.74, 6) is -0.371. The lowest BCUT2D eigenvalue weighted by molar-refractivity contribution is -0.138. The number of carbonyl (C=O) groups excluding carboxylic acids is 1. The number of imidazole rings is 1. The van der Waals surface area contributed by atoms with Gasteiger partial charge in [0.2, 0.25) is 0 Å². The van der Waals surface area contributed by atoms with Crippen LogP contribution < -0.4 is 5.32 Å². The van der Waals surface area contributed by atoms with Gasteiger partial charge in [-0.25, -0.2) is 9.78 Å². The fourth-order valence-electron chi connectivity index (χ4n) is 1.70. The molecule has 1 aromatic heterocycles. The molecule has 0 aliphatic heterocycles. The average molecular weight is 268 g/mol. The summed E-state index contributed by atoms with van der Waals surface area (Å²) < 4.78 is 0. The maximum absolute atomic E-state index is 12.1. The largest absolute Gasteiger partial charge is 0.480 e. The fourth-order valence-corrected chi connectivity index (χ4v) is 1.70. The molecule has 0 fully saturated rings. The summed E-state index contributed by atoms with van der Waals surface area (Å²) in [6.45, 7) is 5.15. The Morgan fingerprint density at radius 3 is 2.63 bits per heavy atom. The number of hydrogen-bond acceptors (Lipinski definition) is 3. The van der Waals surface area contributed by atoms with E-state index in [9.17, 15) is 9.59 Å². The first-order chi connectivity index (χ1) is 8.95. The van der Waals surface area contributed by atoms with Crippen LogP contribution in [0.25, 0.3) is 0 Å². The molecular weight excluding hydrogens is 248 g/mol. The molecule has 0 saturated carbocycles. The molecule has 0 bridgehead atoms. The van der Waals surface area contributed by atoms with Crippen molar-refractivity contribution in [2.45, 2.75) is 39.3 Å². The number of carbonyl (C=O) groups is 2. The van der Waals surface area contributed by atoms with Crippen LogP contribution in [0.3, 0.4) is 0 Å². The summed E-state index contributed by atoms with van der Waals surface area (Å²) in [6, 6.07) is -0.844. The van der Waals surface area contributed by atoms with Crippen molar-refractivity contribution in [3.8, 4) is 0 Å². The maximum atomic E-state index is 12.1. The molecule has 19 heavy (non-hydrogen) atoms. The van der Waals surface area contributed by atoms with Crippen molar-refractivity contribution in [1.29, 1.82) is 0 Å². The van der Waals surface area contributed by atoms with Gasteiger partial charge in [0.15, 0.2) is 0 Å². The first-order valence-electron chi connectivity index (χ1n) is 6.23. The second kappa shape index (κ2) is 6.77. The van der Waals surface area contributed by atoms with Crippen LogP contribution in [0.2, 0.25) is 0 Å². The SMILES string of the molecule is CCC(NC(=O)N(CC(=O)O)C(C)C)c1ncc[nH]1. The van der Waals surface area contributed by atoms with Gasteiger partial charge in [-0.3, -0.25) is 4.79 Å². The standard InChI is InChI=1S/C12H20N4O3/c1-4-9(11-13-5-6-14-11)15-12(19)16(8(2)3)7-10(17)18/h5-6,8-9H,4,7H2,1-3H3,(H,13,14)(H,15,19)(H,17,18). The number of urea groups is 1. The number of aromatic nitrogens is 2. The molecule has 1 unspecified atom stereocenters. The Balaban J connectivity index is 2.72. The van der Waals surface area contributed by atoms with Crippen LogP contribution in [0.15, 0.2) is 12.4 Å². The zero-order valence-electron chi connectivity index (χ0n) is 11.4. The molecule has 0 aromatic carbocycles. The van der Waals surface area contributed by atoms with Gasteiger partial charge in [0.1, 0.15) is 12.4 Å². The van der Waals surface area contributed by atoms with E-state index in [-0.39, 0.29) is 18.6 Å². The molecule has 7 heteroatoms. The predicted molar refractivity (Wildman–Crippen MR) is 69.6 cm³/mol. The summed E-state index contributed by atoms with van der Waals surface area (Å²) in [6.07, 6.45) is 3.96. The highest BCUT2D eigenvalue weighted by Gasteiger charge is 2.23. The molecule has 0 spiro atoms. The first kappa shape index (κ1) is 15.0. The van der Waals surface area contributed by atoms with Gasteiger partial charge in [-0.2, -0.15) is 0 Å². The monoisotopic (exact) mass is 268 g/mol. The quantitative estimate of drug-likeness (QED) is 0.725. The summed E-state index contributed by atoms with van der Waals surface area (Å²) in [5.41, 5.74) is 0. The minimum Gasteiger partial charge on any atom is -0.480 e. The Hall–Kier alpha value is -2.05. The second-order valence-corrected chi connectivity index (χ2v) is 4.50. The van der Waals surface area contributed by atoms with Crippen molar-refractivity contribution >= 4 is 12.0 Å². The van der Waals surface area contributed by atoms with Gasteiger partial charge in [-0.15, -0.1) is 0 Å². The highest BCUT2D eigenvalue weighted by molar-refractivity contribution is 5.80. The lowest BCUT2D eigenvalue weighted by Gasteiger charge is -2.27. The lowest BCUT2D eigenvalue weighted by Crippen LogP contribution is -2.47. The van der Waals surface area contributed by atoms with E-state index in [0.29, 0.717) is 12.2 Å². The van der Waals surface area contributed by atoms with Gasteiger partial charge < -0.3 is 20.3 Å². The third-order valence-electron chi connectivity index (χ3n) is 2.75. The highest BCUT2D eigenvalue weighted by Crippen LogP contribution is 2.12. The van der Waals surface area contributed by atoms with E-state index in [1.807, 2.05) is 6.92 Å². The smallest absolute Gasteiger partial charge is 0.323 e. The lowest BCUT2D eigenvalue weighted by atomic mass is 10.2. The number of aliphatic carboxylic acids is 1. The van der Waals surface area contributed by atoms with Crippen molar-refractivity contribution in [3.63, 3.8) is 0 Å². The first-order valence-corrected chi connectivity index (χ1v) is 6.23. The molecule has 1 aromatic rings. The van der Waals surface area contributed by atoms with E-state index < -0.39 is 12.0 Å². The van der Waals surface area contributed by atoms with Crippen molar-refractivity contribution in [1.82, 2.24) is 20.2 Å². The Morgan fingerprint density at radius 2 is 2.21 bits per heavy atom. The highest BCUT2D eigenvalue weighted by atomic mass is 16.4. The molecule has 1 atom stereocenters. The van der Waals surface area contributed by atoms with Crippen molar-refractivity contribution in [2.24, 2.45) is 0 Å². The van der Waals surface area contributed by atoms with E-state index >= 15 is 0 Å². The minimum absolute atomic E-state index is 0.190. The molecule has 1 rings (SSSR count). The van der Waals surface area contributed by atoms with Gasteiger partial charge in [-0.05, 0) is 20.3 Å². The van der Waals surface area contributed by atoms with Crippen LogP contribution >= 0.6 is 0 Å². The molecule has 0 aliphatic carbocycles.